The highest BCUT2D eigenvalue weighted by Gasteiger charge is 2.12. The van der Waals surface area contributed by atoms with Gasteiger partial charge in [-0.05, 0) is 17.5 Å². The maximum absolute atomic E-state index is 13.2. The zero-order valence-corrected chi connectivity index (χ0v) is 11.8. The number of hydrogen-bond acceptors (Lipinski definition) is 1. The first-order valence-corrected chi connectivity index (χ1v) is 6.78. The average molecular weight is 309 g/mol. The summed E-state index contributed by atoms with van der Waals surface area (Å²) in [6.45, 7) is 4.88. The average Bonchev–Trinajstić information content (AvgIpc) is 2.24. The van der Waals surface area contributed by atoms with Gasteiger partial charge in [0.1, 0.15) is 5.82 Å². The van der Waals surface area contributed by atoms with Gasteiger partial charge < -0.3 is 5.32 Å². The van der Waals surface area contributed by atoms with Crippen LogP contribution in [0, 0.1) is 11.7 Å². The Balaban J connectivity index is 2.64. The molecule has 0 saturated carbocycles. The minimum Gasteiger partial charge on any atom is -0.309 e. The molecule has 0 radical (unpaired) electrons. The Hall–Kier alpha value is -0.120. The molecule has 0 heterocycles. The largest absolute Gasteiger partial charge is 0.309 e. The van der Waals surface area contributed by atoms with Gasteiger partial charge >= 0.3 is 0 Å². The Kier molecular flexibility index (Phi) is 5.73. The SMILES string of the molecule is CC(C)C(CBr)NCc1cccc(F)c1Cl. The fraction of sp³-hybridized carbons (Fsp3) is 0.500. The second-order valence-electron chi connectivity index (χ2n) is 4.10. The Morgan fingerprint density at radius 2 is 2.12 bits per heavy atom. The summed E-state index contributed by atoms with van der Waals surface area (Å²) >= 11 is 9.33. The van der Waals surface area contributed by atoms with E-state index >= 15 is 0 Å². The predicted molar refractivity (Wildman–Crippen MR) is 70.7 cm³/mol. The van der Waals surface area contributed by atoms with Gasteiger partial charge in [-0.1, -0.05) is 53.5 Å². The first-order valence-electron chi connectivity index (χ1n) is 5.28. The zero-order valence-electron chi connectivity index (χ0n) is 9.43. The van der Waals surface area contributed by atoms with Crippen LogP contribution >= 0.6 is 27.5 Å². The monoisotopic (exact) mass is 307 g/mol. The maximum Gasteiger partial charge on any atom is 0.142 e. The van der Waals surface area contributed by atoms with Gasteiger partial charge in [0.05, 0.1) is 5.02 Å². The molecule has 0 fully saturated rings. The molecule has 1 N–H and O–H groups in total. The number of alkyl halides is 1. The zero-order chi connectivity index (χ0) is 12.1. The van der Waals surface area contributed by atoms with Gasteiger partial charge in [-0.15, -0.1) is 0 Å². The minimum absolute atomic E-state index is 0.215. The van der Waals surface area contributed by atoms with Crippen LogP contribution in [0.3, 0.4) is 0 Å². The first-order chi connectivity index (χ1) is 7.56. The summed E-state index contributed by atoms with van der Waals surface area (Å²) in [6.07, 6.45) is 0. The second kappa shape index (κ2) is 6.58. The number of rotatable bonds is 5. The standard InChI is InChI=1S/C12H16BrClFN/c1-8(2)11(6-13)16-7-9-4-3-5-10(15)12(9)14/h3-5,8,11,16H,6-7H2,1-2H3. The van der Waals surface area contributed by atoms with E-state index in [1.165, 1.54) is 6.07 Å². The summed E-state index contributed by atoms with van der Waals surface area (Å²) in [5.74, 6) is 0.160. The molecule has 90 valence electrons. The molecule has 1 rings (SSSR count). The van der Waals surface area contributed by atoms with Crippen molar-refractivity contribution < 1.29 is 4.39 Å². The molecule has 0 aliphatic rings. The molecule has 1 atom stereocenters. The van der Waals surface area contributed by atoms with Crippen LogP contribution in [-0.4, -0.2) is 11.4 Å². The summed E-state index contributed by atoms with van der Waals surface area (Å²) in [4.78, 5) is 0. The van der Waals surface area contributed by atoms with E-state index in [4.69, 9.17) is 11.6 Å². The van der Waals surface area contributed by atoms with Gasteiger partial charge in [0.25, 0.3) is 0 Å². The predicted octanol–water partition coefficient (Wildman–Crippen LogP) is 3.99. The van der Waals surface area contributed by atoms with Crippen molar-refractivity contribution in [2.75, 3.05) is 5.33 Å². The minimum atomic E-state index is -0.360. The van der Waals surface area contributed by atoms with Crippen LogP contribution in [0.4, 0.5) is 4.39 Å². The molecule has 16 heavy (non-hydrogen) atoms. The first kappa shape index (κ1) is 13.9. The van der Waals surface area contributed by atoms with Crippen molar-refractivity contribution in [2.45, 2.75) is 26.4 Å². The van der Waals surface area contributed by atoms with E-state index < -0.39 is 0 Å². The smallest absolute Gasteiger partial charge is 0.142 e. The van der Waals surface area contributed by atoms with E-state index in [1.54, 1.807) is 6.07 Å². The molecule has 0 saturated heterocycles. The molecule has 1 aromatic carbocycles. The summed E-state index contributed by atoms with van der Waals surface area (Å²) < 4.78 is 13.2. The fourth-order valence-electron chi connectivity index (χ4n) is 1.39. The molecule has 0 aliphatic heterocycles. The van der Waals surface area contributed by atoms with Crippen LogP contribution < -0.4 is 5.32 Å². The summed E-state index contributed by atoms with van der Waals surface area (Å²) in [5, 5.41) is 4.44. The highest BCUT2D eigenvalue weighted by Crippen LogP contribution is 2.19. The quantitative estimate of drug-likeness (QED) is 0.811. The molecule has 1 aromatic rings. The third-order valence-corrected chi connectivity index (χ3v) is 3.68. The van der Waals surface area contributed by atoms with Crippen LogP contribution in [0.1, 0.15) is 19.4 Å². The van der Waals surface area contributed by atoms with Crippen molar-refractivity contribution in [3.8, 4) is 0 Å². The Labute approximate surface area is 110 Å². The van der Waals surface area contributed by atoms with E-state index in [0.29, 0.717) is 18.5 Å². The van der Waals surface area contributed by atoms with Crippen molar-refractivity contribution in [3.63, 3.8) is 0 Å². The van der Waals surface area contributed by atoms with Crippen LogP contribution in [0.25, 0.3) is 0 Å². The van der Waals surface area contributed by atoms with E-state index in [1.807, 2.05) is 6.07 Å². The summed E-state index contributed by atoms with van der Waals surface area (Å²) in [7, 11) is 0. The van der Waals surface area contributed by atoms with Gasteiger partial charge in [-0.3, -0.25) is 0 Å². The topological polar surface area (TPSA) is 12.0 Å². The maximum atomic E-state index is 13.2. The van der Waals surface area contributed by atoms with E-state index in [2.05, 4.69) is 35.1 Å². The highest BCUT2D eigenvalue weighted by atomic mass is 79.9. The van der Waals surface area contributed by atoms with Crippen molar-refractivity contribution >= 4 is 27.5 Å². The Morgan fingerprint density at radius 3 is 2.69 bits per heavy atom. The number of benzene rings is 1. The molecule has 1 nitrogen and oxygen atoms in total. The fourth-order valence-corrected chi connectivity index (χ4v) is 2.56. The van der Waals surface area contributed by atoms with Crippen LogP contribution in [0.5, 0.6) is 0 Å². The number of nitrogens with one attached hydrogen (secondary N) is 1. The second-order valence-corrected chi connectivity index (χ2v) is 5.12. The van der Waals surface area contributed by atoms with Gasteiger partial charge in [-0.25, -0.2) is 4.39 Å². The lowest BCUT2D eigenvalue weighted by Gasteiger charge is -2.20. The van der Waals surface area contributed by atoms with Crippen LogP contribution in [0.15, 0.2) is 18.2 Å². The van der Waals surface area contributed by atoms with E-state index in [9.17, 15) is 4.39 Å². The molecule has 0 amide bonds. The molecule has 1 unspecified atom stereocenters. The van der Waals surface area contributed by atoms with Crippen molar-refractivity contribution in [1.82, 2.24) is 5.32 Å². The van der Waals surface area contributed by atoms with Gasteiger partial charge in [0, 0.05) is 17.9 Å². The Bertz CT molecular complexity index is 344. The van der Waals surface area contributed by atoms with Crippen molar-refractivity contribution in [3.05, 3.63) is 34.6 Å². The molecule has 4 heteroatoms. The lowest BCUT2D eigenvalue weighted by molar-refractivity contribution is 0.433. The van der Waals surface area contributed by atoms with Crippen LogP contribution in [0.2, 0.25) is 5.02 Å². The van der Waals surface area contributed by atoms with Gasteiger partial charge in [-0.2, -0.15) is 0 Å². The lowest BCUT2D eigenvalue weighted by Crippen LogP contribution is -2.34. The van der Waals surface area contributed by atoms with Gasteiger partial charge in [0.2, 0.25) is 0 Å². The molecule has 0 aromatic heterocycles. The number of halogens is 3. The molecule has 0 bridgehead atoms. The van der Waals surface area contributed by atoms with E-state index in [0.717, 1.165) is 10.9 Å². The van der Waals surface area contributed by atoms with Gasteiger partial charge in [0.15, 0.2) is 0 Å². The Morgan fingerprint density at radius 1 is 1.44 bits per heavy atom. The molecular formula is C12H16BrClFN. The summed E-state index contributed by atoms with van der Waals surface area (Å²) in [5.41, 5.74) is 0.799. The third-order valence-electron chi connectivity index (χ3n) is 2.56. The molecule has 0 spiro atoms. The normalized spacial score (nSPS) is 13.1. The van der Waals surface area contributed by atoms with Crippen molar-refractivity contribution in [2.24, 2.45) is 5.92 Å². The number of hydrogen-bond donors (Lipinski definition) is 1. The van der Waals surface area contributed by atoms with Crippen molar-refractivity contribution in [1.29, 1.82) is 0 Å². The highest BCUT2D eigenvalue weighted by molar-refractivity contribution is 9.09. The van der Waals surface area contributed by atoms with E-state index in [-0.39, 0.29) is 10.8 Å². The molecule has 0 aliphatic carbocycles. The summed E-state index contributed by atoms with van der Waals surface area (Å²) in [6, 6.07) is 5.25. The molecular weight excluding hydrogens is 292 g/mol. The lowest BCUT2D eigenvalue weighted by atomic mass is 10.1. The third kappa shape index (κ3) is 3.72. The van der Waals surface area contributed by atoms with Crippen LogP contribution in [-0.2, 0) is 6.54 Å².